The van der Waals surface area contributed by atoms with Crippen molar-refractivity contribution < 1.29 is 27.1 Å². The molecule has 1 aliphatic heterocycles. The highest BCUT2D eigenvalue weighted by molar-refractivity contribution is 7.89. The highest BCUT2D eigenvalue weighted by atomic mass is 32.2. The number of nitrogens with two attached hydrogens (primary N) is 1. The number of sulfonamides is 1. The van der Waals surface area contributed by atoms with Gasteiger partial charge in [0.1, 0.15) is 5.82 Å². The van der Waals surface area contributed by atoms with Crippen LogP contribution in [0.5, 0.6) is 0 Å². The minimum atomic E-state index is -4.06. The van der Waals surface area contributed by atoms with Gasteiger partial charge in [0, 0.05) is 5.69 Å². The van der Waals surface area contributed by atoms with Crippen LogP contribution in [0.2, 0.25) is 0 Å². The Morgan fingerprint density at radius 3 is 2.70 bits per heavy atom. The maximum absolute atomic E-state index is 13.3. The minimum absolute atomic E-state index is 0.0202. The molecule has 1 atom stereocenters. The number of halogens is 1. The van der Waals surface area contributed by atoms with E-state index in [2.05, 4.69) is 5.32 Å². The van der Waals surface area contributed by atoms with Crippen LogP contribution in [0.4, 0.5) is 10.1 Å². The van der Waals surface area contributed by atoms with Gasteiger partial charge in [0.25, 0.3) is 5.91 Å². The largest absolute Gasteiger partial charge is 0.376 e. The highest BCUT2D eigenvalue weighted by Gasteiger charge is 2.23. The van der Waals surface area contributed by atoms with Gasteiger partial charge in [-0.2, -0.15) is 0 Å². The van der Waals surface area contributed by atoms with E-state index >= 15 is 0 Å². The molecule has 110 valence electrons. The highest BCUT2D eigenvalue weighted by Crippen LogP contribution is 2.18. The van der Waals surface area contributed by atoms with Gasteiger partial charge in [-0.15, -0.1) is 0 Å². The summed E-state index contributed by atoms with van der Waals surface area (Å²) in [6.07, 6.45) is -0.815. The van der Waals surface area contributed by atoms with E-state index in [0.717, 1.165) is 18.2 Å². The van der Waals surface area contributed by atoms with Crippen molar-refractivity contribution in [2.45, 2.75) is 11.0 Å². The Balaban J connectivity index is 2.16. The van der Waals surface area contributed by atoms with E-state index in [4.69, 9.17) is 14.6 Å². The van der Waals surface area contributed by atoms with E-state index < -0.39 is 32.7 Å². The zero-order chi connectivity index (χ0) is 14.8. The van der Waals surface area contributed by atoms with Crippen molar-refractivity contribution in [3.05, 3.63) is 24.0 Å². The molecule has 7 nitrogen and oxygen atoms in total. The van der Waals surface area contributed by atoms with E-state index in [0.29, 0.717) is 6.61 Å². The van der Waals surface area contributed by atoms with Gasteiger partial charge in [-0.3, -0.25) is 4.79 Å². The van der Waals surface area contributed by atoms with Crippen molar-refractivity contribution in [1.29, 1.82) is 0 Å². The third-order valence-corrected chi connectivity index (χ3v) is 3.47. The summed E-state index contributed by atoms with van der Waals surface area (Å²) in [4.78, 5) is 11.4. The molecule has 0 bridgehead atoms. The molecule has 3 N–H and O–H groups in total. The number of anilines is 1. The summed E-state index contributed by atoms with van der Waals surface area (Å²) in [7, 11) is -4.06. The van der Waals surface area contributed by atoms with Crippen LogP contribution in [0.25, 0.3) is 0 Å². The summed E-state index contributed by atoms with van der Waals surface area (Å²) in [5.41, 5.74) is -0.0202. The molecule has 9 heteroatoms. The normalized spacial score (nSPS) is 19.6. The lowest BCUT2D eigenvalue weighted by Crippen LogP contribution is -2.39. The number of rotatable bonds is 3. The van der Waals surface area contributed by atoms with E-state index in [-0.39, 0.29) is 18.9 Å². The standard InChI is InChI=1S/C11H13FN2O5S/c12-7-3-8(5-9(4-7)20(13,16)17)14-11(15)10-6-18-1-2-19-10/h3-5,10H,1-2,6H2,(H,14,15)(H2,13,16,17). The van der Waals surface area contributed by atoms with E-state index in [1.807, 2.05) is 0 Å². The van der Waals surface area contributed by atoms with Gasteiger partial charge in [0.2, 0.25) is 10.0 Å². The lowest BCUT2D eigenvalue weighted by molar-refractivity contribution is -0.142. The smallest absolute Gasteiger partial charge is 0.255 e. The van der Waals surface area contributed by atoms with Gasteiger partial charge in [0.05, 0.1) is 24.7 Å². The molecule has 0 saturated carbocycles. The Labute approximate surface area is 114 Å². The zero-order valence-electron chi connectivity index (χ0n) is 10.3. The van der Waals surface area contributed by atoms with Crippen molar-refractivity contribution in [2.24, 2.45) is 5.14 Å². The molecular formula is C11H13FN2O5S. The molecule has 1 fully saturated rings. The second-order valence-electron chi connectivity index (χ2n) is 4.14. The van der Waals surface area contributed by atoms with Crippen molar-refractivity contribution >= 4 is 21.6 Å². The molecule has 0 aromatic heterocycles. The average Bonchev–Trinajstić information content (AvgIpc) is 2.38. The number of primary sulfonamides is 1. The zero-order valence-corrected chi connectivity index (χ0v) is 11.2. The van der Waals surface area contributed by atoms with Crippen LogP contribution in [0.3, 0.4) is 0 Å². The first kappa shape index (κ1) is 14.9. The fraction of sp³-hybridized carbons (Fsp3) is 0.364. The summed E-state index contributed by atoms with van der Waals surface area (Å²) in [6.45, 7) is 0.770. The van der Waals surface area contributed by atoms with Crippen molar-refractivity contribution in [3.8, 4) is 0 Å². The Kier molecular flexibility index (Phi) is 4.33. The predicted molar refractivity (Wildman–Crippen MR) is 67.0 cm³/mol. The molecular weight excluding hydrogens is 291 g/mol. The lowest BCUT2D eigenvalue weighted by atomic mass is 10.2. The van der Waals surface area contributed by atoms with Crippen LogP contribution in [0.15, 0.2) is 23.1 Å². The number of ether oxygens (including phenoxy) is 2. The van der Waals surface area contributed by atoms with Crippen molar-refractivity contribution in [2.75, 3.05) is 25.1 Å². The summed E-state index contributed by atoms with van der Waals surface area (Å²) in [6, 6.07) is 2.82. The number of hydrogen-bond donors (Lipinski definition) is 2. The summed E-state index contributed by atoms with van der Waals surface area (Å²) >= 11 is 0. The molecule has 2 rings (SSSR count). The first-order chi connectivity index (χ1) is 9.36. The van der Waals surface area contributed by atoms with Gasteiger partial charge in [-0.1, -0.05) is 0 Å². The Morgan fingerprint density at radius 2 is 2.10 bits per heavy atom. The second-order valence-corrected chi connectivity index (χ2v) is 5.71. The number of nitrogens with one attached hydrogen (secondary N) is 1. The number of amides is 1. The number of carbonyl (C=O) groups is 1. The van der Waals surface area contributed by atoms with Gasteiger partial charge >= 0.3 is 0 Å². The van der Waals surface area contributed by atoms with Crippen LogP contribution in [0.1, 0.15) is 0 Å². The number of carbonyl (C=O) groups excluding carboxylic acids is 1. The van der Waals surface area contributed by atoms with Crippen LogP contribution < -0.4 is 10.5 Å². The van der Waals surface area contributed by atoms with Gasteiger partial charge < -0.3 is 14.8 Å². The molecule has 0 spiro atoms. The van der Waals surface area contributed by atoms with Crippen LogP contribution in [0, 0.1) is 5.82 Å². The molecule has 1 unspecified atom stereocenters. The van der Waals surface area contributed by atoms with Crippen molar-refractivity contribution in [1.82, 2.24) is 0 Å². The van der Waals surface area contributed by atoms with E-state index in [9.17, 15) is 17.6 Å². The third-order valence-electron chi connectivity index (χ3n) is 2.58. The predicted octanol–water partition coefficient (Wildman–Crippen LogP) is -0.173. The number of benzene rings is 1. The molecule has 1 aromatic rings. The Hall–Kier alpha value is -1.55. The minimum Gasteiger partial charge on any atom is -0.376 e. The Bertz CT molecular complexity index is 613. The molecule has 0 radical (unpaired) electrons. The fourth-order valence-corrected chi connectivity index (χ4v) is 2.23. The Morgan fingerprint density at radius 1 is 1.35 bits per heavy atom. The topological polar surface area (TPSA) is 108 Å². The molecule has 1 aromatic carbocycles. The molecule has 1 amide bonds. The summed E-state index contributed by atoms with van der Waals surface area (Å²) < 4.78 is 45.9. The molecule has 1 saturated heterocycles. The van der Waals surface area contributed by atoms with Crippen LogP contribution >= 0.6 is 0 Å². The third kappa shape index (κ3) is 3.73. The molecule has 1 aliphatic rings. The summed E-state index contributed by atoms with van der Waals surface area (Å²) in [5.74, 6) is -1.37. The van der Waals surface area contributed by atoms with E-state index in [1.165, 1.54) is 0 Å². The quantitative estimate of drug-likeness (QED) is 0.806. The SMILES string of the molecule is NS(=O)(=O)c1cc(F)cc(NC(=O)C2COCCO2)c1. The number of hydrogen-bond acceptors (Lipinski definition) is 5. The monoisotopic (exact) mass is 304 g/mol. The maximum Gasteiger partial charge on any atom is 0.255 e. The van der Waals surface area contributed by atoms with Gasteiger partial charge in [-0.05, 0) is 18.2 Å². The van der Waals surface area contributed by atoms with Gasteiger partial charge in [-0.25, -0.2) is 17.9 Å². The van der Waals surface area contributed by atoms with Gasteiger partial charge in [0.15, 0.2) is 6.10 Å². The first-order valence-corrected chi connectivity index (χ1v) is 7.24. The lowest BCUT2D eigenvalue weighted by Gasteiger charge is -2.22. The molecule has 20 heavy (non-hydrogen) atoms. The first-order valence-electron chi connectivity index (χ1n) is 5.70. The van der Waals surface area contributed by atoms with Crippen LogP contribution in [-0.4, -0.2) is 40.2 Å². The van der Waals surface area contributed by atoms with Crippen LogP contribution in [-0.2, 0) is 24.3 Å². The molecule has 0 aliphatic carbocycles. The molecule has 1 heterocycles. The summed E-state index contributed by atoms with van der Waals surface area (Å²) in [5, 5.41) is 7.28. The second kappa shape index (κ2) is 5.83. The average molecular weight is 304 g/mol. The van der Waals surface area contributed by atoms with Crippen molar-refractivity contribution in [3.63, 3.8) is 0 Å². The fourth-order valence-electron chi connectivity index (χ4n) is 1.66. The maximum atomic E-state index is 13.3. The van der Waals surface area contributed by atoms with E-state index in [1.54, 1.807) is 0 Å².